The summed E-state index contributed by atoms with van der Waals surface area (Å²) in [6, 6.07) is 6.10. The molecule has 3 rings (SSSR count). The van der Waals surface area contributed by atoms with Gasteiger partial charge < -0.3 is 19.5 Å². The molecule has 1 aromatic rings. The van der Waals surface area contributed by atoms with Gasteiger partial charge in [-0.05, 0) is 31.4 Å². The lowest BCUT2D eigenvalue weighted by Crippen LogP contribution is -2.28. The zero-order valence-electron chi connectivity index (χ0n) is 11.2. The molecule has 0 unspecified atom stereocenters. The number of rotatable bonds is 4. The van der Waals surface area contributed by atoms with E-state index in [1.165, 1.54) is 18.4 Å². The molecule has 0 atom stereocenters. The normalized spacial score (nSPS) is 19.4. The van der Waals surface area contributed by atoms with Crippen LogP contribution in [0, 0.1) is 5.92 Å². The largest absolute Gasteiger partial charge is 0.486 e. The average Bonchev–Trinajstić information content (AvgIpc) is 2.49. The van der Waals surface area contributed by atoms with Crippen molar-refractivity contribution >= 4 is 0 Å². The van der Waals surface area contributed by atoms with Gasteiger partial charge in [0.25, 0.3) is 0 Å². The highest BCUT2D eigenvalue weighted by atomic mass is 16.6. The summed E-state index contributed by atoms with van der Waals surface area (Å²) >= 11 is 0. The summed E-state index contributed by atoms with van der Waals surface area (Å²) in [7, 11) is 0. The molecule has 19 heavy (non-hydrogen) atoms. The maximum atomic E-state index is 5.71. The first-order chi connectivity index (χ1) is 9.43. The lowest BCUT2D eigenvalue weighted by atomic mass is 10.0. The van der Waals surface area contributed by atoms with E-state index in [1.54, 1.807) is 0 Å². The smallest absolute Gasteiger partial charge is 0.165 e. The fourth-order valence-electron chi connectivity index (χ4n) is 2.63. The summed E-state index contributed by atoms with van der Waals surface area (Å²) in [6.07, 6.45) is 2.33. The monoisotopic (exact) mass is 263 g/mol. The van der Waals surface area contributed by atoms with E-state index in [0.717, 1.165) is 43.7 Å². The van der Waals surface area contributed by atoms with Gasteiger partial charge in [0.2, 0.25) is 0 Å². The van der Waals surface area contributed by atoms with Crippen molar-refractivity contribution < 1.29 is 14.2 Å². The molecule has 1 N–H and O–H groups in total. The molecular weight excluding hydrogens is 242 g/mol. The van der Waals surface area contributed by atoms with E-state index < -0.39 is 0 Å². The molecule has 2 aliphatic heterocycles. The van der Waals surface area contributed by atoms with Crippen LogP contribution in [0.5, 0.6) is 11.5 Å². The number of para-hydroxylation sites is 1. The van der Waals surface area contributed by atoms with Crippen LogP contribution >= 0.6 is 0 Å². The van der Waals surface area contributed by atoms with Crippen LogP contribution < -0.4 is 14.8 Å². The van der Waals surface area contributed by atoms with Crippen LogP contribution in [-0.2, 0) is 11.3 Å². The summed E-state index contributed by atoms with van der Waals surface area (Å²) in [4.78, 5) is 0. The van der Waals surface area contributed by atoms with Crippen LogP contribution in [0.1, 0.15) is 18.4 Å². The molecule has 104 valence electrons. The van der Waals surface area contributed by atoms with Crippen molar-refractivity contribution in [3.8, 4) is 11.5 Å². The molecule has 1 fully saturated rings. The van der Waals surface area contributed by atoms with E-state index in [2.05, 4.69) is 11.4 Å². The third-order valence-corrected chi connectivity index (χ3v) is 3.74. The average molecular weight is 263 g/mol. The molecule has 0 radical (unpaired) electrons. The molecule has 0 saturated carbocycles. The Morgan fingerprint density at radius 3 is 2.79 bits per heavy atom. The highest BCUT2D eigenvalue weighted by Gasteiger charge is 2.16. The van der Waals surface area contributed by atoms with Crippen LogP contribution in [0.4, 0.5) is 0 Å². The van der Waals surface area contributed by atoms with Crippen LogP contribution in [0.2, 0.25) is 0 Å². The van der Waals surface area contributed by atoms with E-state index in [-0.39, 0.29) is 0 Å². The van der Waals surface area contributed by atoms with Gasteiger partial charge in [-0.15, -0.1) is 0 Å². The maximum absolute atomic E-state index is 5.71. The zero-order valence-corrected chi connectivity index (χ0v) is 11.2. The molecule has 1 saturated heterocycles. The summed E-state index contributed by atoms with van der Waals surface area (Å²) < 4.78 is 16.7. The topological polar surface area (TPSA) is 39.7 Å². The standard InChI is InChI=1S/C15H21NO3/c1-2-13(15-14(3-1)18-8-9-19-15)11-16-10-12-4-6-17-7-5-12/h1-3,12,16H,4-11H2. The van der Waals surface area contributed by atoms with Crippen molar-refractivity contribution in [1.82, 2.24) is 5.32 Å². The van der Waals surface area contributed by atoms with Gasteiger partial charge >= 0.3 is 0 Å². The SMILES string of the molecule is c1cc(CNCC2CCOCC2)c2c(c1)OCCO2. The first kappa shape index (κ1) is 12.8. The van der Waals surface area contributed by atoms with Crippen molar-refractivity contribution in [3.05, 3.63) is 23.8 Å². The second-order valence-electron chi connectivity index (χ2n) is 5.13. The van der Waals surface area contributed by atoms with Gasteiger partial charge in [0.05, 0.1) is 0 Å². The zero-order chi connectivity index (χ0) is 12.9. The number of hydrogen-bond donors (Lipinski definition) is 1. The first-order valence-corrected chi connectivity index (χ1v) is 7.09. The number of nitrogens with one attached hydrogen (secondary N) is 1. The third-order valence-electron chi connectivity index (χ3n) is 3.74. The Morgan fingerprint density at radius 2 is 1.89 bits per heavy atom. The van der Waals surface area contributed by atoms with E-state index in [0.29, 0.717) is 13.2 Å². The lowest BCUT2D eigenvalue weighted by Gasteiger charge is -2.23. The minimum Gasteiger partial charge on any atom is -0.486 e. The highest BCUT2D eigenvalue weighted by Crippen LogP contribution is 2.33. The summed E-state index contributed by atoms with van der Waals surface area (Å²) in [6.45, 7) is 4.99. The predicted octanol–water partition coefficient (Wildman–Crippen LogP) is 1.97. The van der Waals surface area contributed by atoms with Gasteiger partial charge in [-0.25, -0.2) is 0 Å². The molecule has 2 heterocycles. The fraction of sp³-hybridized carbons (Fsp3) is 0.600. The maximum Gasteiger partial charge on any atom is 0.165 e. The number of ether oxygens (including phenoxy) is 3. The van der Waals surface area contributed by atoms with Crippen molar-refractivity contribution in [2.45, 2.75) is 19.4 Å². The van der Waals surface area contributed by atoms with Crippen LogP contribution in [-0.4, -0.2) is 33.0 Å². The second-order valence-corrected chi connectivity index (χ2v) is 5.13. The Kier molecular flexibility index (Phi) is 4.20. The van der Waals surface area contributed by atoms with Gasteiger partial charge in [-0.1, -0.05) is 12.1 Å². The minimum atomic E-state index is 0.643. The van der Waals surface area contributed by atoms with Crippen molar-refractivity contribution in [3.63, 3.8) is 0 Å². The number of hydrogen-bond acceptors (Lipinski definition) is 4. The van der Waals surface area contributed by atoms with E-state index >= 15 is 0 Å². The Balaban J connectivity index is 1.54. The van der Waals surface area contributed by atoms with Gasteiger partial charge in [-0.3, -0.25) is 0 Å². The Hall–Kier alpha value is -1.26. The molecule has 2 aliphatic rings. The van der Waals surface area contributed by atoms with E-state index in [9.17, 15) is 0 Å². The predicted molar refractivity (Wildman–Crippen MR) is 72.7 cm³/mol. The number of fused-ring (bicyclic) bond motifs is 1. The van der Waals surface area contributed by atoms with E-state index in [4.69, 9.17) is 14.2 Å². The summed E-state index contributed by atoms with van der Waals surface area (Å²) in [5.74, 6) is 2.52. The van der Waals surface area contributed by atoms with Crippen LogP contribution in [0.3, 0.4) is 0 Å². The van der Waals surface area contributed by atoms with Crippen LogP contribution in [0.25, 0.3) is 0 Å². The molecule has 0 aliphatic carbocycles. The van der Waals surface area contributed by atoms with Gasteiger partial charge in [-0.2, -0.15) is 0 Å². The van der Waals surface area contributed by atoms with Crippen molar-refractivity contribution in [2.75, 3.05) is 33.0 Å². The molecule has 0 aromatic heterocycles. The minimum absolute atomic E-state index is 0.643. The molecule has 4 heteroatoms. The van der Waals surface area contributed by atoms with Gasteiger partial charge in [0.15, 0.2) is 11.5 Å². The summed E-state index contributed by atoms with van der Waals surface area (Å²) in [5.41, 5.74) is 1.18. The second kappa shape index (κ2) is 6.26. The van der Waals surface area contributed by atoms with Gasteiger partial charge in [0.1, 0.15) is 13.2 Å². The Bertz CT molecular complexity index is 416. The Labute approximate surface area is 114 Å². The molecular formula is C15H21NO3. The first-order valence-electron chi connectivity index (χ1n) is 7.09. The highest BCUT2D eigenvalue weighted by molar-refractivity contribution is 5.47. The quantitative estimate of drug-likeness (QED) is 0.901. The molecule has 0 bridgehead atoms. The van der Waals surface area contributed by atoms with E-state index in [1.807, 2.05) is 12.1 Å². The molecule has 0 spiro atoms. The third kappa shape index (κ3) is 3.19. The van der Waals surface area contributed by atoms with Crippen molar-refractivity contribution in [1.29, 1.82) is 0 Å². The van der Waals surface area contributed by atoms with Crippen LogP contribution in [0.15, 0.2) is 18.2 Å². The number of benzene rings is 1. The lowest BCUT2D eigenvalue weighted by molar-refractivity contribution is 0.0662. The van der Waals surface area contributed by atoms with Gasteiger partial charge in [0, 0.05) is 25.3 Å². The summed E-state index contributed by atoms with van der Waals surface area (Å²) in [5, 5.41) is 3.53. The Morgan fingerprint density at radius 1 is 1.05 bits per heavy atom. The molecule has 4 nitrogen and oxygen atoms in total. The fourth-order valence-corrected chi connectivity index (χ4v) is 2.63. The molecule has 1 aromatic carbocycles. The van der Waals surface area contributed by atoms with Crippen molar-refractivity contribution in [2.24, 2.45) is 5.92 Å². The molecule has 0 amide bonds.